The second-order valence-electron chi connectivity index (χ2n) is 7.47. The minimum Gasteiger partial charge on any atom is -0.450 e. The molecule has 0 saturated heterocycles. The summed E-state index contributed by atoms with van der Waals surface area (Å²) in [6, 6.07) is 0. The van der Waals surface area contributed by atoms with Crippen LogP contribution in [0.15, 0.2) is 0 Å². The van der Waals surface area contributed by atoms with Gasteiger partial charge in [-0.05, 0) is 12.0 Å². The maximum atomic E-state index is 10.9. The van der Waals surface area contributed by atoms with E-state index in [0.29, 0.717) is 5.54 Å². The van der Waals surface area contributed by atoms with E-state index in [4.69, 9.17) is 9.84 Å². The van der Waals surface area contributed by atoms with E-state index in [0.717, 1.165) is 12.8 Å². The molecule has 0 bridgehead atoms. The average molecular weight is 331 g/mol. The maximum Gasteiger partial charge on any atom is 0.505 e. The predicted molar refractivity (Wildman–Crippen MR) is 97.3 cm³/mol. The number of hydrogen-bond acceptors (Lipinski definition) is 2. The summed E-state index contributed by atoms with van der Waals surface area (Å²) >= 11 is 0. The van der Waals surface area contributed by atoms with Crippen LogP contribution in [-0.4, -0.2) is 25.1 Å². The second-order valence-corrected chi connectivity index (χ2v) is 12.9. The standard InChI is InChI=1S/C18H38O3Si/c1-6-7-8-9-10-11-12-13-14-15-17(21-18(19)20)22(4,5)16(2)3/h16-17H,6-15H2,1-5H3,(H,19,20). The van der Waals surface area contributed by atoms with Gasteiger partial charge in [0.1, 0.15) is 0 Å². The van der Waals surface area contributed by atoms with Crippen LogP contribution in [-0.2, 0) is 4.74 Å². The van der Waals surface area contributed by atoms with Gasteiger partial charge in [-0.25, -0.2) is 4.79 Å². The third-order valence-corrected chi connectivity index (χ3v) is 10.2. The monoisotopic (exact) mass is 330 g/mol. The van der Waals surface area contributed by atoms with E-state index in [2.05, 4.69) is 33.9 Å². The van der Waals surface area contributed by atoms with E-state index < -0.39 is 14.2 Å². The Morgan fingerprint density at radius 3 is 1.82 bits per heavy atom. The molecule has 0 heterocycles. The van der Waals surface area contributed by atoms with Gasteiger partial charge in [-0.3, -0.25) is 0 Å². The van der Waals surface area contributed by atoms with Crippen LogP contribution in [0.3, 0.4) is 0 Å². The fourth-order valence-corrected chi connectivity index (χ4v) is 4.81. The van der Waals surface area contributed by atoms with Crippen molar-refractivity contribution in [2.75, 3.05) is 0 Å². The van der Waals surface area contributed by atoms with Crippen molar-refractivity contribution in [3.63, 3.8) is 0 Å². The largest absolute Gasteiger partial charge is 0.505 e. The highest BCUT2D eigenvalue weighted by Crippen LogP contribution is 2.29. The minimum absolute atomic E-state index is 0.0606. The van der Waals surface area contributed by atoms with Crippen LogP contribution in [0, 0.1) is 0 Å². The van der Waals surface area contributed by atoms with Crippen molar-refractivity contribution in [3.8, 4) is 0 Å². The smallest absolute Gasteiger partial charge is 0.450 e. The second kappa shape index (κ2) is 12.0. The van der Waals surface area contributed by atoms with Crippen molar-refractivity contribution in [3.05, 3.63) is 0 Å². The van der Waals surface area contributed by atoms with Crippen LogP contribution in [0.5, 0.6) is 0 Å². The summed E-state index contributed by atoms with van der Waals surface area (Å²) in [5.74, 6) is 0. The first-order valence-electron chi connectivity index (χ1n) is 9.21. The van der Waals surface area contributed by atoms with Gasteiger partial charge >= 0.3 is 6.16 Å². The molecule has 1 N–H and O–H groups in total. The molecule has 0 spiro atoms. The van der Waals surface area contributed by atoms with Crippen molar-refractivity contribution < 1.29 is 14.6 Å². The van der Waals surface area contributed by atoms with Gasteiger partial charge in [0.05, 0.1) is 13.8 Å². The van der Waals surface area contributed by atoms with Gasteiger partial charge in [-0.2, -0.15) is 0 Å². The van der Waals surface area contributed by atoms with Crippen molar-refractivity contribution >= 4 is 14.2 Å². The maximum absolute atomic E-state index is 10.9. The zero-order chi connectivity index (χ0) is 17.0. The van der Waals surface area contributed by atoms with Crippen LogP contribution in [0.1, 0.15) is 85.0 Å². The first-order valence-corrected chi connectivity index (χ1v) is 12.4. The third kappa shape index (κ3) is 9.49. The van der Waals surface area contributed by atoms with E-state index in [9.17, 15) is 4.79 Å². The van der Waals surface area contributed by atoms with Gasteiger partial charge in [0, 0.05) is 0 Å². The number of unbranched alkanes of at least 4 members (excludes halogenated alkanes) is 8. The molecule has 22 heavy (non-hydrogen) atoms. The molecule has 0 saturated carbocycles. The highest BCUT2D eigenvalue weighted by Gasteiger charge is 2.37. The first kappa shape index (κ1) is 21.5. The molecule has 0 aliphatic heterocycles. The number of ether oxygens (including phenoxy) is 1. The highest BCUT2D eigenvalue weighted by atomic mass is 28.3. The Balaban J connectivity index is 3.93. The molecule has 0 aliphatic rings. The van der Waals surface area contributed by atoms with E-state index in [1.807, 2.05) is 0 Å². The lowest BCUT2D eigenvalue weighted by molar-refractivity contribution is 0.0719. The molecular formula is C18H38O3Si. The molecule has 0 aromatic carbocycles. The van der Waals surface area contributed by atoms with Gasteiger partial charge in [0.15, 0.2) is 0 Å². The summed E-state index contributed by atoms with van der Waals surface area (Å²) in [6.45, 7) is 11.1. The van der Waals surface area contributed by atoms with Crippen molar-refractivity contribution in [1.82, 2.24) is 0 Å². The lowest BCUT2D eigenvalue weighted by Crippen LogP contribution is -2.46. The van der Waals surface area contributed by atoms with Crippen LogP contribution in [0.25, 0.3) is 0 Å². The SMILES string of the molecule is CCCCCCCCCCCC(OC(=O)O)[Si](C)(C)C(C)C. The van der Waals surface area contributed by atoms with Gasteiger partial charge < -0.3 is 9.84 Å². The molecule has 0 fully saturated rings. The Hall–Kier alpha value is -0.513. The molecule has 3 nitrogen and oxygen atoms in total. The van der Waals surface area contributed by atoms with Crippen molar-refractivity contribution in [2.24, 2.45) is 0 Å². The Morgan fingerprint density at radius 1 is 0.955 bits per heavy atom. The summed E-state index contributed by atoms with van der Waals surface area (Å²) in [5.41, 5.74) is 0.477. The molecule has 0 aromatic rings. The van der Waals surface area contributed by atoms with Crippen LogP contribution in [0.2, 0.25) is 18.6 Å². The van der Waals surface area contributed by atoms with Crippen molar-refractivity contribution in [2.45, 2.75) is 109 Å². The molecule has 0 rings (SSSR count). The van der Waals surface area contributed by atoms with Crippen LogP contribution >= 0.6 is 0 Å². The molecule has 4 heteroatoms. The summed E-state index contributed by atoms with van der Waals surface area (Å²) in [6.07, 6.45) is 11.4. The fraction of sp³-hybridized carbons (Fsp3) is 0.944. The van der Waals surface area contributed by atoms with Crippen LogP contribution < -0.4 is 0 Å². The molecular weight excluding hydrogens is 292 g/mol. The van der Waals surface area contributed by atoms with E-state index in [1.54, 1.807) is 0 Å². The summed E-state index contributed by atoms with van der Waals surface area (Å²) in [4.78, 5) is 10.9. The predicted octanol–water partition coefficient (Wildman–Crippen LogP) is 6.63. The number of hydrogen-bond donors (Lipinski definition) is 1. The molecule has 1 atom stereocenters. The fourth-order valence-electron chi connectivity index (χ4n) is 2.72. The molecule has 0 aliphatic carbocycles. The number of carbonyl (C=O) groups is 1. The Labute approximate surface area is 138 Å². The van der Waals surface area contributed by atoms with Gasteiger partial charge in [-0.15, -0.1) is 0 Å². The van der Waals surface area contributed by atoms with Crippen molar-refractivity contribution in [1.29, 1.82) is 0 Å². The number of carboxylic acid groups (broad SMARTS) is 1. The zero-order valence-corrected chi connectivity index (χ0v) is 16.5. The topological polar surface area (TPSA) is 46.5 Å². The molecule has 132 valence electrons. The van der Waals surface area contributed by atoms with Gasteiger partial charge in [0.2, 0.25) is 0 Å². The normalized spacial score (nSPS) is 13.4. The van der Waals surface area contributed by atoms with E-state index in [-0.39, 0.29) is 5.73 Å². The molecule has 0 aromatic heterocycles. The first-order chi connectivity index (χ1) is 10.3. The number of rotatable bonds is 13. The zero-order valence-electron chi connectivity index (χ0n) is 15.5. The quantitative estimate of drug-likeness (QED) is 0.234. The summed E-state index contributed by atoms with van der Waals surface area (Å²) in [7, 11) is -1.67. The van der Waals surface area contributed by atoms with Gasteiger partial charge in [0.25, 0.3) is 0 Å². The highest BCUT2D eigenvalue weighted by molar-refractivity contribution is 6.79. The molecule has 0 radical (unpaired) electrons. The van der Waals surface area contributed by atoms with E-state index in [1.165, 1.54) is 51.4 Å². The minimum atomic E-state index is -1.67. The summed E-state index contributed by atoms with van der Waals surface area (Å²) in [5, 5.41) is 8.97. The van der Waals surface area contributed by atoms with Gasteiger partial charge in [-0.1, -0.05) is 91.7 Å². The Kier molecular flexibility index (Phi) is 11.7. The lowest BCUT2D eigenvalue weighted by atomic mass is 10.1. The average Bonchev–Trinajstić information content (AvgIpc) is 2.43. The summed E-state index contributed by atoms with van der Waals surface area (Å²) < 4.78 is 5.23. The lowest BCUT2D eigenvalue weighted by Gasteiger charge is -2.34. The molecule has 1 unspecified atom stereocenters. The van der Waals surface area contributed by atoms with E-state index >= 15 is 0 Å². The van der Waals surface area contributed by atoms with Crippen LogP contribution in [0.4, 0.5) is 4.79 Å². The third-order valence-electron chi connectivity index (χ3n) is 5.13. The molecule has 0 amide bonds. The Morgan fingerprint density at radius 2 is 1.41 bits per heavy atom. The Bertz CT molecular complexity index is 290.